The number of pyridine rings is 1. The zero-order chi connectivity index (χ0) is 26.6. The number of oxazole rings is 1. The minimum Gasteiger partial charge on any atom is -0.436 e. The molecule has 0 aliphatic carbocycles. The summed E-state index contributed by atoms with van der Waals surface area (Å²) < 4.78 is 10.5. The SMILES string of the molecule is Cn1ccnc1-c1ccc(-n2c3ccccc3c3ccc(-c4nc5ccccc5o4)cc32)cc1-c1ccccn1. The van der Waals surface area contributed by atoms with Crippen LogP contribution in [-0.2, 0) is 7.05 Å². The monoisotopic (exact) mass is 517 g/mol. The summed E-state index contributed by atoms with van der Waals surface area (Å²) in [6.45, 7) is 0. The first-order valence-corrected chi connectivity index (χ1v) is 13.2. The summed E-state index contributed by atoms with van der Waals surface area (Å²) in [4.78, 5) is 14.1. The molecule has 0 aliphatic heterocycles. The first-order valence-electron chi connectivity index (χ1n) is 13.2. The second-order valence-electron chi connectivity index (χ2n) is 9.88. The van der Waals surface area contributed by atoms with Crippen LogP contribution in [0.25, 0.3) is 72.7 Å². The fraction of sp³-hybridized carbons (Fsp3) is 0.0294. The smallest absolute Gasteiger partial charge is 0.227 e. The Morgan fingerprint density at radius 2 is 1.52 bits per heavy atom. The number of aryl methyl sites for hydroxylation is 1. The third kappa shape index (κ3) is 3.47. The van der Waals surface area contributed by atoms with E-state index in [0.717, 1.165) is 56.0 Å². The third-order valence-electron chi connectivity index (χ3n) is 7.48. The van der Waals surface area contributed by atoms with E-state index < -0.39 is 0 Å². The van der Waals surface area contributed by atoms with Crippen LogP contribution in [0.3, 0.4) is 0 Å². The molecule has 190 valence electrons. The van der Waals surface area contributed by atoms with E-state index in [-0.39, 0.29) is 0 Å². The molecule has 0 N–H and O–H groups in total. The third-order valence-corrected chi connectivity index (χ3v) is 7.48. The molecule has 0 atom stereocenters. The van der Waals surface area contributed by atoms with Crippen molar-refractivity contribution in [1.29, 1.82) is 0 Å². The summed E-state index contributed by atoms with van der Waals surface area (Å²) in [5, 5.41) is 2.36. The highest BCUT2D eigenvalue weighted by molar-refractivity contribution is 6.10. The first kappa shape index (κ1) is 22.5. The molecule has 0 radical (unpaired) electrons. The molecule has 0 amide bonds. The quantitative estimate of drug-likeness (QED) is 0.237. The minimum absolute atomic E-state index is 0.610. The fourth-order valence-corrected chi connectivity index (χ4v) is 5.60. The zero-order valence-electron chi connectivity index (χ0n) is 21.7. The van der Waals surface area contributed by atoms with E-state index in [1.807, 2.05) is 72.7 Å². The van der Waals surface area contributed by atoms with Gasteiger partial charge in [-0.05, 0) is 60.7 Å². The van der Waals surface area contributed by atoms with Gasteiger partial charge in [0.15, 0.2) is 5.58 Å². The maximum Gasteiger partial charge on any atom is 0.227 e. The maximum absolute atomic E-state index is 6.13. The molecule has 40 heavy (non-hydrogen) atoms. The molecule has 0 aliphatic rings. The number of para-hydroxylation sites is 3. The number of fused-ring (bicyclic) bond motifs is 4. The van der Waals surface area contributed by atoms with Crippen molar-refractivity contribution in [2.75, 3.05) is 0 Å². The zero-order valence-corrected chi connectivity index (χ0v) is 21.7. The van der Waals surface area contributed by atoms with Crippen molar-refractivity contribution in [2.24, 2.45) is 7.05 Å². The number of aromatic nitrogens is 5. The van der Waals surface area contributed by atoms with Crippen molar-refractivity contribution >= 4 is 32.9 Å². The van der Waals surface area contributed by atoms with Crippen molar-refractivity contribution in [2.45, 2.75) is 0 Å². The van der Waals surface area contributed by atoms with Gasteiger partial charge in [0.05, 0.1) is 16.7 Å². The molecule has 8 aromatic rings. The molecule has 0 unspecified atom stereocenters. The summed E-state index contributed by atoms with van der Waals surface area (Å²) in [5.41, 5.74) is 8.76. The van der Waals surface area contributed by atoms with E-state index in [2.05, 4.69) is 70.2 Å². The highest BCUT2D eigenvalue weighted by Gasteiger charge is 2.18. The van der Waals surface area contributed by atoms with E-state index in [4.69, 9.17) is 14.4 Å². The lowest BCUT2D eigenvalue weighted by Gasteiger charge is -2.14. The molecule has 4 aromatic carbocycles. The van der Waals surface area contributed by atoms with E-state index >= 15 is 0 Å². The van der Waals surface area contributed by atoms with Crippen LogP contribution >= 0.6 is 0 Å². The van der Waals surface area contributed by atoms with Gasteiger partial charge < -0.3 is 13.6 Å². The second-order valence-corrected chi connectivity index (χ2v) is 9.88. The van der Waals surface area contributed by atoms with Crippen LogP contribution < -0.4 is 0 Å². The Balaban J connectivity index is 1.39. The number of rotatable bonds is 4. The Morgan fingerprint density at radius 3 is 2.38 bits per heavy atom. The Morgan fingerprint density at radius 1 is 0.675 bits per heavy atom. The Labute approximate surface area is 229 Å². The lowest BCUT2D eigenvalue weighted by molar-refractivity contribution is 0.620. The number of imidazole rings is 1. The van der Waals surface area contributed by atoms with Gasteiger partial charge in [-0.25, -0.2) is 9.97 Å². The average molecular weight is 518 g/mol. The summed E-state index contributed by atoms with van der Waals surface area (Å²) in [6.07, 6.45) is 5.62. The lowest BCUT2D eigenvalue weighted by atomic mass is 10.0. The van der Waals surface area contributed by atoms with Gasteiger partial charge in [-0.3, -0.25) is 4.98 Å². The predicted molar refractivity (Wildman–Crippen MR) is 159 cm³/mol. The molecular formula is C34H23N5O. The van der Waals surface area contributed by atoms with E-state index in [1.165, 1.54) is 10.8 Å². The minimum atomic E-state index is 0.610. The number of benzene rings is 4. The van der Waals surface area contributed by atoms with Gasteiger partial charge >= 0.3 is 0 Å². The Bertz CT molecular complexity index is 2150. The van der Waals surface area contributed by atoms with Gasteiger partial charge in [0.25, 0.3) is 0 Å². The molecular weight excluding hydrogens is 494 g/mol. The molecule has 0 spiro atoms. The topological polar surface area (TPSA) is 61.7 Å². The molecule has 0 bridgehead atoms. The number of hydrogen-bond acceptors (Lipinski definition) is 4. The molecule has 0 saturated heterocycles. The lowest BCUT2D eigenvalue weighted by Crippen LogP contribution is -1.99. The number of nitrogens with zero attached hydrogens (tertiary/aromatic N) is 5. The van der Waals surface area contributed by atoms with Crippen molar-refractivity contribution in [3.63, 3.8) is 0 Å². The summed E-state index contributed by atoms with van der Waals surface area (Å²) >= 11 is 0. The van der Waals surface area contributed by atoms with Gasteiger partial charge in [0.1, 0.15) is 11.3 Å². The molecule has 4 heterocycles. The summed E-state index contributed by atoms with van der Waals surface area (Å²) in [6, 6.07) is 35.3. The van der Waals surface area contributed by atoms with Gasteiger partial charge in [-0.1, -0.05) is 42.5 Å². The molecule has 8 rings (SSSR count). The van der Waals surface area contributed by atoms with E-state index in [1.54, 1.807) is 0 Å². The number of hydrogen-bond donors (Lipinski definition) is 0. The molecule has 6 heteroatoms. The molecule has 0 fully saturated rings. The molecule has 4 aromatic heterocycles. The first-order chi connectivity index (χ1) is 19.7. The van der Waals surface area contributed by atoms with Gasteiger partial charge in [0.2, 0.25) is 5.89 Å². The standard InChI is InChI=1S/C34H23N5O/c1-38-19-18-36-33(38)26-16-14-23(21-27(26)28-9-6-7-17-35-28)39-30-11-4-2-8-24(30)25-15-13-22(20-31(25)39)34-37-29-10-3-5-12-32(29)40-34/h2-21H,1H3. The van der Waals surface area contributed by atoms with Crippen molar-refractivity contribution in [3.8, 4) is 39.8 Å². The van der Waals surface area contributed by atoms with Crippen LogP contribution in [-0.4, -0.2) is 24.1 Å². The van der Waals surface area contributed by atoms with Gasteiger partial charge in [-0.15, -0.1) is 0 Å². The molecule has 6 nitrogen and oxygen atoms in total. The van der Waals surface area contributed by atoms with Crippen molar-refractivity contribution in [3.05, 3.63) is 122 Å². The largest absolute Gasteiger partial charge is 0.436 e. The van der Waals surface area contributed by atoms with Gasteiger partial charge in [0, 0.05) is 58.8 Å². The van der Waals surface area contributed by atoms with Crippen LogP contribution in [0.4, 0.5) is 0 Å². The van der Waals surface area contributed by atoms with Crippen LogP contribution in [0.2, 0.25) is 0 Å². The van der Waals surface area contributed by atoms with Crippen LogP contribution in [0, 0.1) is 0 Å². The van der Waals surface area contributed by atoms with Crippen LogP contribution in [0.15, 0.2) is 126 Å². The van der Waals surface area contributed by atoms with Crippen LogP contribution in [0.1, 0.15) is 0 Å². The van der Waals surface area contributed by atoms with E-state index in [0.29, 0.717) is 5.89 Å². The van der Waals surface area contributed by atoms with E-state index in [9.17, 15) is 0 Å². The highest BCUT2D eigenvalue weighted by Crippen LogP contribution is 2.38. The highest BCUT2D eigenvalue weighted by atomic mass is 16.3. The van der Waals surface area contributed by atoms with Crippen LogP contribution in [0.5, 0.6) is 0 Å². The van der Waals surface area contributed by atoms with Gasteiger partial charge in [-0.2, -0.15) is 0 Å². The second kappa shape index (κ2) is 8.78. The fourth-order valence-electron chi connectivity index (χ4n) is 5.60. The Kier molecular flexibility index (Phi) is 4.94. The summed E-state index contributed by atoms with van der Waals surface area (Å²) in [7, 11) is 2.01. The Hall–Kier alpha value is -5.49. The normalized spacial score (nSPS) is 11.6. The molecule has 0 saturated carbocycles. The van der Waals surface area contributed by atoms with Crippen molar-refractivity contribution in [1.82, 2.24) is 24.1 Å². The average Bonchev–Trinajstić information content (AvgIpc) is 3.72. The van der Waals surface area contributed by atoms with Crippen molar-refractivity contribution < 1.29 is 4.42 Å². The predicted octanol–water partition coefficient (Wildman–Crippen LogP) is 8.05. The summed E-state index contributed by atoms with van der Waals surface area (Å²) in [5.74, 6) is 1.51. The maximum atomic E-state index is 6.13.